The maximum atomic E-state index is 12.2. The van der Waals surface area contributed by atoms with Crippen LogP contribution in [0.4, 0.5) is 0 Å². The highest BCUT2D eigenvalue weighted by Gasteiger charge is 2.35. The van der Waals surface area contributed by atoms with E-state index < -0.39 is 0 Å². The molecule has 0 spiro atoms. The first-order valence-corrected chi connectivity index (χ1v) is 7.29. The summed E-state index contributed by atoms with van der Waals surface area (Å²) in [5.41, 5.74) is 0.847. The molecular weight excluding hydrogens is 268 g/mol. The van der Waals surface area contributed by atoms with Gasteiger partial charge in [-0.2, -0.15) is 0 Å². The number of hydrogen-bond donors (Lipinski definition) is 2. The lowest BCUT2D eigenvalue weighted by Crippen LogP contribution is -2.41. The van der Waals surface area contributed by atoms with Gasteiger partial charge in [0, 0.05) is 13.1 Å². The fraction of sp³-hybridized carbons (Fsp3) is 0.562. The van der Waals surface area contributed by atoms with Crippen LogP contribution in [0.5, 0.6) is 11.5 Å². The quantitative estimate of drug-likeness (QED) is 0.831. The minimum atomic E-state index is -0.266. The molecule has 1 atom stereocenters. The van der Waals surface area contributed by atoms with Crippen molar-refractivity contribution in [1.29, 1.82) is 0 Å². The number of methoxy groups -OCH3 is 2. The zero-order chi connectivity index (χ0) is 15.3. The first-order chi connectivity index (χ1) is 10.1. The Morgan fingerprint density at radius 2 is 2.10 bits per heavy atom. The van der Waals surface area contributed by atoms with Crippen molar-refractivity contribution < 1.29 is 14.3 Å². The Hall–Kier alpha value is -1.75. The van der Waals surface area contributed by atoms with Gasteiger partial charge >= 0.3 is 0 Å². The number of nitrogens with one attached hydrogen (secondary N) is 2. The molecule has 0 aliphatic carbocycles. The second-order valence-electron chi connectivity index (χ2n) is 5.68. The standard InChI is InChI=1S/C16H24N2O3/c1-16(7-9-17-11-16)15(19)18-8-6-12-4-5-13(20-2)14(10-12)21-3/h4-5,10,17H,6-9,11H2,1-3H3,(H,18,19). The summed E-state index contributed by atoms with van der Waals surface area (Å²) in [7, 11) is 3.24. The van der Waals surface area contributed by atoms with Gasteiger partial charge in [0.1, 0.15) is 0 Å². The van der Waals surface area contributed by atoms with Gasteiger partial charge in [-0.3, -0.25) is 4.79 Å². The van der Waals surface area contributed by atoms with Gasteiger partial charge in [0.2, 0.25) is 5.91 Å². The smallest absolute Gasteiger partial charge is 0.227 e. The lowest BCUT2D eigenvalue weighted by molar-refractivity contribution is -0.129. The topological polar surface area (TPSA) is 59.6 Å². The third-order valence-corrected chi connectivity index (χ3v) is 4.06. The largest absolute Gasteiger partial charge is 0.493 e. The van der Waals surface area contributed by atoms with Crippen LogP contribution < -0.4 is 20.1 Å². The van der Waals surface area contributed by atoms with Crippen molar-refractivity contribution in [3.8, 4) is 11.5 Å². The number of amides is 1. The molecule has 1 unspecified atom stereocenters. The van der Waals surface area contributed by atoms with Gasteiger partial charge in [-0.15, -0.1) is 0 Å². The molecule has 0 bridgehead atoms. The van der Waals surface area contributed by atoms with E-state index >= 15 is 0 Å². The molecule has 1 saturated heterocycles. The van der Waals surface area contributed by atoms with Crippen LogP contribution in [-0.2, 0) is 11.2 Å². The first-order valence-electron chi connectivity index (χ1n) is 7.29. The molecule has 2 rings (SSSR count). The average Bonchev–Trinajstić information content (AvgIpc) is 2.95. The molecule has 1 fully saturated rings. The molecule has 5 nitrogen and oxygen atoms in total. The van der Waals surface area contributed by atoms with E-state index in [1.54, 1.807) is 14.2 Å². The molecule has 0 radical (unpaired) electrons. The summed E-state index contributed by atoms with van der Waals surface area (Å²) in [6.07, 6.45) is 1.67. The number of carbonyl (C=O) groups is 1. The molecule has 0 saturated carbocycles. The minimum absolute atomic E-state index is 0.132. The third-order valence-electron chi connectivity index (χ3n) is 4.06. The highest BCUT2D eigenvalue weighted by molar-refractivity contribution is 5.82. The fourth-order valence-corrected chi connectivity index (χ4v) is 2.58. The number of rotatable bonds is 6. The van der Waals surface area contributed by atoms with Crippen molar-refractivity contribution in [1.82, 2.24) is 10.6 Å². The lowest BCUT2D eigenvalue weighted by atomic mass is 9.89. The Kier molecular flexibility index (Phi) is 5.07. The van der Waals surface area contributed by atoms with E-state index in [-0.39, 0.29) is 11.3 Å². The van der Waals surface area contributed by atoms with Gasteiger partial charge in [-0.1, -0.05) is 6.07 Å². The predicted octanol–water partition coefficient (Wildman–Crippen LogP) is 1.36. The van der Waals surface area contributed by atoms with Crippen molar-refractivity contribution in [2.75, 3.05) is 33.9 Å². The molecule has 21 heavy (non-hydrogen) atoms. The van der Waals surface area contributed by atoms with Crippen LogP contribution in [0.2, 0.25) is 0 Å². The van der Waals surface area contributed by atoms with Crippen LogP contribution >= 0.6 is 0 Å². The number of carbonyl (C=O) groups excluding carboxylic acids is 1. The summed E-state index contributed by atoms with van der Waals surface area (Å²) in [6, 6.07) is 5.83. The molecule has 2 N–H and O–H groups in total. The molecule has 0 aromatic heterocycles. The molecule has 1 aliphatic rings. The Morgan fingerprint density at radius 3 is 2.71 bits per heavy atom. The van der Waals surface area contributed by atoms with E-state index in [1.807, 2.05) is 25.1 Å². The van der Waals surface area contributed by atoms with E-state index in [1.165, 1.54) is 0 Å². The summed E-state index contributed by atoms with van der Waals surface area (Å²) >= 11 is 0. The van der Waals surface area contributed by atoms with Crippen LogP contribution in [0.1, 0.15) is 18.9 Å². The second-order valence-corrected chi connectivity index (χ2v) is 5.68. The highest BCUT2D eigenvalue weighted by Crippen LogP contribution is 2.28. The maximum absolute atomic E-state index is 12.2. The Labute approximate surface area is 126 Å². The normalized spacial score (nSPS) is 21.1. The molecule has 1 aliphatic heterocycles. The second kappa shape index (κ2) is 6.80. The van der Waals surface area contributed by atoms with Crippen molar-refractivity contribution in [2.45, 2.75) is 19.8 Å². The molecule has 1 aromatic rings. The van der Waals surface area contributed by atoms with E-state index in [2.05, 4.69) is 10.6 Å². The van der Waals surface area contributed by atoms with Gasteiger partial charge in [-0.05, 0) is 44.0 Å². The summed E-state index contributed by atoms with van der Waals surface area (Å²) in [5.74, 6) is 1.57. The van der Waals surface area contributed by atoms with Gasteiger partial charge in [0.05, 0.1) is 19.6 Å². The molecule has 116 valence electrons. The van der Waals surface area contributed by atoms with E-state index in [0.29, 0.717) is 12.3 Å². The molecule has 1 heterocycles. The Balaban J connectivity index is 1.87. The van der Waals surface area contributed by atoms with Crippen molar-refractivity contribution in [3.63, 3.8) is 0 Å². The van der Waals surface area contributed by atoms with E-state index in [4.69, 9.17) is 9.47 Å². The number of hydrogen-bond acceptors (Lipinski definition) is 4. The number of benzene rings is 1. The van der Waals surface area contributed by atoms with Gasteiger partial charge in [0.15, 0.2) is 11.5 Å². The van der Waals surface area contributed by atoms with Gasteiger partial charge in [0.25, 0.3) is 0 Å². The van der Waals surface area contributed by atoms with E-state index in [9.17, 15) is 4.79 Å². The molecule has 5 heteroatoms. The SMILES string of the molecule is COc1ccc(CCNC(=O)C2(C)CCNC2)cc1OC. The third kappa shape index (κ3) is 3.67. The summed E-state index contributed by atoms with van der Waals surface area (Å²) in [6.45, 7) is 4.32. The summed E-state index contributed by atoms with van der Waals surface area (Å²) in [5, 5.41) is 6.27. The van der Waals surface area contributed by atoms with Crippen LogP contribution in [0.15, 0.2) is 18.2 Å². The van der Waals surface area contributed by atoms with Gasteiger partial charge < -0.3 is 20.1 Å². The predicted molar refractivity (Wildman–Crippen MR) is 81.9 cm³/mol. The zero-order valence-corrected chi connectivity index (χ0v) is 13.0. The zero-order valence-electron chi connectivity index (χ0n) is 13.0. The number of ether oxygens (including phenoxy) is 2. The monoisotopic (exact) mass is 292 g/mol. The van der Waals surface area contributed by atoms with Crippen LogP contribution in [0.3, 0.4) is 0 Å². The van der Waals surface area contributed by atoms with Crippen molar-refractivity contribution in [2.24, 2.45) is 5.41 Å². The minimum Gasteiger partial charge on any atom is -0.493 e. The van der Waals surface area contributed by atoms with Crippen LogP contribution in [0.25, 0.3) is 0 Å². The molecule has 1 aromatic carbocycles. The van der Waals surface area contributed by atoms with Crippen molar-refractivity contribution in [3.05, 3.63) is 23.8 Å². The Bertz CT molecular complexity index is 496. The summed E-state index contributed by atoms with van der Waals surface area (Å²) in [4.78, 5) is 12.2. The molecule has 1 amide bonds. The lowest BCUT2D eigenvalue weighted by Gasteiger charge is -2.21. The van der Waals surface area contributed by atoms with Crippen LogP contribution in [-0.4, -0.2) is 39.8 Å². The maximum Gasteiger partial charge on any atom is 0.227 e. The molecular formula is C16H24N2O3. The Morgan fingerprint density at radius 1 is 1.33 bits per heavy atom. The van der Waals surface area contributed by atoms with Crippen LogP contribution in [0, 0.1) is 5.41 Å². The van der Waals surface area contributed by atoms with E-state index in [0.717, 1.165) is 37.2 Å². The average molecular weight is 292 g/mol. The van der Waals surface area contributed by atoms with Crippen molar-refractivity contribution >= 4 is 5.91 Å². The fourth-order valence-electron chi connectivity index (χ4n) is 2.58. The summed E-state index contributed by atoms with van der Waals surface area (Å²) < 4.78 is 10.5. The highest BCUT2D eigenvalue weighted by atomic mass is 16.5. The first kappa shape index (κ1) is 15.6. The van der Waals surface area contributed by atoms with Gasteiger partial charge in [-0.25, -0.2) is 0 Å².